The Hall–Kier alpha value is 0.0600. The van der Waals surface area contributed by atoms with Crippen LogP contribution in [0.5, 0.6) is 0 Å². The van der Waals surface area contributed by atoms with Gasteiger partial charge in [-0.2, -0.15) is 0 Å². The monoisotopic (exact) mass is 246 g/mol. The van der Waals surface area contributed by atoms with Crippen LogP contribution in [0.1, 0.15) is 13.8 Å². The molecule has 8 heteroatoms. The summed E-state index contributed by atoms with van der Waals surface area (Å²) in [5, 5.41) is 0. The molecule has 0 unspecified atom stereocenters. The van der Waals surface area contributed by atoms with Gasteiger partial charge in [0.1, 0.15) is 0 Å². The van der Waals surface area contributed by atoms with Crippen LogP contribution in [-0.4, -0.2) is 34.4 Å². The molecular weight excluding hydrogens is 231 g/mol. The Morgan fingerprint density at radius 2 is 1.64 bits per heavy atom. The fraction of sp³-hybridized carbons (Fsp3) is 1.00. The molecule has 6 nitrogen and oxygen atoms in total. The third-order valence-electron chi connectivity index (χ3n) is 1.21. The Morgan fingerprint density at radius 1 is 1.14 bits per heavy atom. The lowest BCUT2D eigenvalue weighted by Gasteiger charge is -2.15. The van der Waals surface area contributed by atoms with Crippen LogP contribution in [-0.2, 0) is 28.8 Å². The Labute approximate surface area is 85.2 Å². The van der Waals surface area contributed by atoms with Crippen molar-refractivity contribution in [2.75, 3.05) is 26.0 Å². The van der Waals surface area contributed by atoms with E-state index in [-0.39, 0.29) is 26.0 Å². The Kier molecular flexibility index (Phi) is 7.40. The molecule has 0 amide bonds. The van der Waals surface area contributed by atoms with E-state index in [0.717, 1.165) is 0 Å². The maximum atomic E-state index is 11.7. The van der Waals surface area contributed by atoms with Gasteiger partial charge >= 0.3 is 7.60 Å². The summed E-state index contributed by atoms with van der Waals surface area (Å²) in [5.41, 5.74) is 0. The first kappa shape index (κ1) is 14.1. The summed E-state index contributed by atoms with van der Waals surface area (Å²) in [6.45, 7) is 3.68. The first-order valence-electron chi connectivity index (χ1n) is 4.19. The van der Waals surface area contributed by atoms with Crippen LogP contribution >= 0.6 is 7.60 Å². The predicted molar refractivity (Wildman–Crippen MR) is 52.0 cm³/mol. The van der Waals surface area contributed by atoms with Gasteiger partial charge in [0.15, 0.2) is 0 Å². The molecule has 0 atom stereocenters. The minimum Gasteiger partial charge on any atom is -0.309 e. The quantitative estimate of drug-likeness (QED) is 0.504. The third-order valence-corrected chi connectivity index (χ3v) is 3.64. The highest BCUT2D eigenvalue weighted by molar-refractivity contribution is 7.67. The molecule has 0 saturated heterocycles. The molecule has 0 N–H and O–H groups in total. The Morgan fingerprint density at radius 3 is 2.00 bits per heavy atom. The highest BCUT2D eigenvalue weighted by atomic mass is 32.2. The number of thiol groups is 1. The van der Waals surface area contributed by atoms with E-state index in [1.54, 1.807) is 13.8 Å². The van der Waals surface area contributed by atoms with Gasteiger partial charge in [0.25, 0.3) is 11.0 Å². The van der Waals surface area contributed by atoms with E-state index >= 15 is 0 Å². The van der Waals surface area contributed by atoms with Crippen molar-refractivity contribution < 1.29 is 26.2 Å². The lowest BCUT2D eigenvalue weighted by molar-refractivity contribution is 0.214. The third kappa shape index (κ3) is 6.50. The van der Waals surface area contributed by atoms with E-state index < -0.39 is 18.6 Å². The highest BCUT2D eigenvalue weighted by Crippen LogP contribution is 2.47. The lowest BCUT2D eigenvalue weighted by Crippen LogP contribution is -2.05. The average molecular weight is 246 g/mol. The van der Waals surface area contributed by atoms with Crippen molar-refractivity contribution in [3.8, 4) is 0 Å². The van der Waals surface area contributed by atoms with Crippen molar-refractivity contribution in [2.24, 2.45) is 0 Å². The molecule has 0 saturated carbocycles. The summed E-state index contributed by atoms with van der Waals surface area (Å²) in [6.07, 6.45) is -0.0575. The zero-order chi connectivity index (χ0) is 11.0. The van der Waals surface area contributed by atoms with Gasteiger partial charge in [0.2, 0.25) is 0 Å². The number of rotatable bonds is 8. The fourth-order valence-electron chi connectivity index (χ4n) is 0.787. The van der Waals surface area contributed by atoms with Crippen LogP contribution in [0.2, 0.25) is 0 Å². The second-order valence-electron chi connectivity index (χ2n) is 2.23. The second kappa shape index (κ2) is 7.36. The van der Waals surface area contributed by atoms with Gasteiger partial charge in [-0.25, -0.2) is 8.42 Å². The van der Waals surface area contributed by atoms with E-state index in [0.29, 0.717) is 0 Å². The fourth-order valence-corrected chi connectivity index (χ4v) is 2.61. The summed E-state index contributed by atoms with van der Waals surface area (Å²) in [4.78, 5) is 0. The average Bonchev–Trinajstić information content (AvgIpc) is 2.03. The van der Waals surface area contributed by atoms with Crippen LogP contribution in [0, 0.1) is 0 Å². The second-order valence-corrected chi connectivity index (χ2v) is 5.12. The SMILES string of the molecule is CCOP(=O)(CCO[SH](=O)=O)OCC. The van der Waals surface area contributed by atoms with Gasteiger partial charge in [-0.1, -0.05) is 0 Å². The van der Waals surface area contributed by atoms with Crippen molar-refractivity contribution in [1.82, 2.24) is 0 Å². The van der Waals surface area contributed by atoms with Gasteiger partial charge < -0.3 is 9.05 Å². The van der Waals surface area contributed by atoms with Crippen LogP contribution in [0.25, 0.3) is 0 Å². The molecule has 86 valence electrons. The van der Waals surface area contributed by atoms with Gasteiger partial charge in [0.05, 0.1) is 26.0 Å². The van der Waals surface area contributed by atoms with E-state index in [9.17, 15) is 13.0 Å². The van der Waals surface area contributed by atoms with E-state index in [4.69, 9.17) is 9.05 Å². The molecular formula is C6H15O6PS. The molecule has 0 heterocycles. The maximum absolute atomic E-state index is 11.7. The van der Waals surface area contributed by atoms with E-state index in [1.807, 2.05) is 0 Å². The van der Waals surface area contributed by atoms with Gasteiger partial charge in [0, 0.05) is 0 Å². The minimum atomic E-state index is -3.17. The van der Waals surface area contributed by atoms with Crippen molar-refractivity contribution in [1.29, 1.82) is 0 Å². The largest absolute Gasteiger partial charge is 0.333 e. The van der Waals surface area contributed by atoms with Crippen LogP contribution in [0.3, 0.4) is 0 Å². The minimum absolute atomic E-state index is 0.0575. The molecule has 0 aliphatic heterocycles. The molecule has 0 spiro atoms. The zero-order valence-electron chi connectivity index (χ0n) is 8.17. The van der Waals surface area contributed by atoms with E-state index in [1.165, 1.54) is 0 Å². The maximum Gasteiger partial charge on any atom is 0.333 e. The van der Waals surface area contributed by atoms with Crippen LogP contribution in [0.15, 0.2) is 0 Å². The van der Waals surface area contributed by atoms with Crippen molar-refractivity contribution >= 4 is 18.6 Å². The summed E-state index contributed by atoms with van der Waals surface area (Å²) in [5.74, 6) is 0. The summed E-state index contributed by atoms with van der Waals surface area (Å²) >= 11 is 0. The van der Waals surface area contributed by atoms with Gasteiger partial charge in [-0.15, -0.1) is 0 Å². The van der Waals surface area contributed by atoms with Crippen molar-refractivity contribution in [3.63, 3.8) is 0 Å². The highest BCUT2D eigenvalue weighted by Gasteiger charge is 2.22. The molecule has 0 rings (SSSR count). The summed E-state index contributed by atoms with van der Waals surface area (Å²) in [6, 6.07) is 0. The van der Waals surface area contributed by atoms with E-state index in [2.05, 4.69) is 4.18 Å². The molecule has 0 radical (unpaired) electrons. The Bertz CT molecular complexity index is 245. The first-order chi connectivity index (χ1) is 6.54. The molecule has 0 bridgehead atoms. The molecule has 0 fully saturated rings. The summed E-state index contributed by atoms with van der Waals surface area (Å²) in [7, 11) is -6.07. The summed E-state index contributed by atoms with van der Waals surface area (Å²) < 4.78 is 45.8. The molecule has 14 heavy (non-hydrogen) atoms. The molecule has 0 aliphatic rings. The van der Waals surface area contributed by atoms with Crippen molar-refractivity contribution in [2.45, 2.75) is 13.8 Å². The normalized spacial score (nSPS) is 12.2. The molecule has 0 aromatic heterocycles. The van der Waals surface area contributed by atoms with Crippen molar-refractivity contribution in [3.05, 3.63) is 0 Å². The number of hydrogen-bond donors (Lipinski definition) is 1. The standard InChI is InChI=1S/C6H15O6PS/c1-3-10-13(7,11-4-2)6-5-12-14(8)9/h14H,3-6H2,1-2H3. The Balaban J connectivity index is 4.02. The molecule has 0 aromatic carbocycles. The van der Waals surface area contributed by atoms with Crippen LogP contribution < -0.4 is 0 Å². The molecule has 0 aliphatic carbocycles. The smallest absolute Gasteiger partial charge is 0.309 e. The van der Waals surface area contributed by atoms with Gasteiger partial charge in [-0.3, -0.25) is 8.75 Å². The first-order valence-corrected chi connectivity index (χ1v) is 7.02. The topological polar surface area (TPSA) is 78.9 Å². The number of hydrogen-bond acceptors (Lipinski definition) is 6. The predicted octanol–water partition coefficient (Wildman–Crippen LogP) is 0.796. The van der Waals surface area contributed by atoms with Gasteiger partial charge in [-0.05, 0) is 13.8 Å². The lowest BCUT2D eigenvalue weighted by atomic mass is 10.9. The van der Waals surface area contributed by atoms with Crippen LogP contribution in [0.4, 0.5) is 0 Å². The zero-order valence-corrected chi connectivity index (χ0v) is 9.96. The molecule has 0 aromatic rings.